The smallest absolute Gasteiger partial charge is 0.341 e. The van der Waals surface area contributed by atoms with E-state index in [1.807, 2.05) is 24.3 Å². The van der Waals surface area contributed by atoms with Crippen LogP contribution in [0.2, 0.25) is 0 Å². The van der Waals surface area contributed by atoms with Crippen molar-refractivity contribution in [3.05, 3.63) is 63.7 Å². The van der Waals surface area contributed by atoms with Gasteiger partial charge >= 0.3 is 5.97 Å². The lowest BCUT2D eigenvalue weighted by Gasteiger charge is -2.20. The fourth-order valence-corrected chi connectivity index (χ4v) is 4.34. The number of nitrogens with two attached hydrogens (primary N) is 2. The van der Waals surface area contributed by atoms with Crippen molar-refractivity contribution in [3.8, 4) is 0 Å². The number of aromatic carboxylic acids is 1. The lowest BCUT2D eigenvalue weighted by atomic mass is 9.95. The van der Waals surface area contributed by atoms with Gasteiger partial charge in [-0.1, -0.05) is 12.1 Å². The molecule has 1 aliphatic heterocycles. The molecule has 1 aromatic carbocycles. The van der Waals surface area contributed by atoms with Crippen LogP contribution in [0.15, 0.2) is 41.3 Å². The van der Waals surface area contributed by atoms with Gasteiger partial charge in [0.1, 0.15) is 11.2 Å². The molecule has 0 bridgehead atoms. The van der Waals surface area contributed by atoms with Gasteiger partial charge < -0.3 is 26.0 Å². The number of hydrogen-bond donors (Lipinski definition) is 3. The van der Waals surface area contributed by atoms with E-state index in [0.717, 1.165) is 24.5 Å². The van der Waals surface area contributed by atoms with Crippen LogP contribution < -0.4 is 21.8 Å². The summed E-state index contributed by atoms with van der Waals surface area (Å²) < 4.78 is 16.8. The summed E-state index contributed by atoms with van der Waals surface area (Å²) >= 11 is 0. The Labute approximate surface area is 176 Å². The van der Waals surface area contributed by atoms with Gasteiger partial charge in [-0.2, -0.15) is 0 Å². The molecule has 5 N–H and O–H groups in total. The third kappa shape index (κ3) is 3.31. The lowest BCUT2D eigenvalue weighted by Crippen LogP contribution is -2.29. The maximum atomic E-state index is 15.1. The van der Waals surface area contributed by atoms with Gasteiger partial charge in [-0.3, -0.25) is 4.79 Å². The quantitative estimate of drug-likeness (QED) is 0.548. The number of nitrogen functional groups attached to an aromatic ring is 1. The van der Waals surface area contributed by atoms with E-state index in [1.54, 1.807) is 9.47 Å². The largest absolute Gasteiger partial charge is 0.477 e. The van der Waals surface area contributed by atoms with Crippen LogP contribution in [-0.4, -0.2) is 39.8 Å². The molecule has 160 valence electrons. The highest BCUT2D eigenvalue weighted by molar-refractivity contribution is 5.92. The van der Waals surface area contributed by atoms with E-state index < -0.39 is 17.2 Å². The Morgan fingerprint density at radius 1 is 1.19 bits per heavy atom. The number of nitrogens with zero attached hydrogens (tertiary/aromatic N) is 3. The Morgan fingerprint density at radius 3 is 2.55 bits per heavy atom. The van der Waals surface area contributed by atoms with Crippen LogP contribution in [0.3, 0.4) is 0 Å². The maximum Gasteiger partial charge on any atom is 0.341 e. The van der Waals surface area contributed by atoms with E-state index in [2.05, 4.69) is 4.98 Å². The zero-order valence-electron chi connectivity index (χ0n) is 16.7. The third-order valence-corrected chi connectivity index (χ3v) is 6.14. The highest BCUT2D eigenvalue weighted by atomic mass is 19.1. The first-order valence-electron chi connectivity index (χ1n) is 10.2. The van der Waals surface area contributed by atoms with Gasteiger partial charge in [-0.05, 0) is 36.6 Å². The molecule has 2 aromatic heterocycles. The van der Waals surface area contributed by atoms with Crippen LogP contribution in [0.25, 0.3) is 11.0 Å². The summed E-state index contributed by atoms with van der Waals surface area (Å²) in [5, 5.41) is 9.35. The Hall–Kier alpha value is -3.46. The third-order valence-electron chi connectivity index (χ3n) is 6.14. The second-order valence-electron chi connectivity index (χ2n) is 8.32. The Morgan fingerprint density at radius 2 is 1.90 bits per heavy atom. The van der Waals surface area contributed by atoms with Crippen LogP contribution in [-0.2, 0) is 0 Å². The number of anilines is 2. The van der Waals surface area contributed by atoms with Gasteiger partial charge in [0, 0.05) is 43.0 Å². The van der Waals surface area contributed by atoms with Gasteiger partial charge in [0.15, 0.2) is 11.6 Å². The minimum atomic E-state index is -1.33. The summed E-state index contributed by atoms with van der Waals surface area (Å²) in [7, 11) is 0. The van der Waals surface area contributed by atoms with Gasteiger partial charge in [-0.25, -0.2) is 14.2 Å². The second kappa shape index (κ2) is 7.05. The number of hydrogen-bond acceptors (Lipinski definition) is 6. The number of carboxylic acids is 1. The highest BCUT2D eigenvalue weighted by Gasteiger charge is 2.34. The van der Waals surface area contributed by atoms with Gasteiger partial charge in [0.05, 0.1) is 5.39 Å². The summed E-state index contributed by atoms with van der Waals surface area (Å²) in [4.78, 5) is 30.4. The van der Waals surface area contributed by atoms with Gasteiger partial charge in [0.25, 0.3) is 0 Å². The van der Waals surface area contributed by atoms with Gasteiger partial charge in [0.2, 0.25) is 5.43 Å². The van der Waals surface area contributed by atoms with E-state index >= 15 is 4.39 Å². The van der Waals surface area contributed by atoms with E-state index in [1.165, 1.54) is 6.20 Å². The summed E-state index contributed by atoms with van der Waals surface area (Å²) in [5.74, 6) is -1.89. The monoisotopic (exact) mass is 423 g/mol. The molecular formula is C22H22FN5O3. The first kappa shape index (κ1) is 19.5. The fourth-order valence-electron chi connectivity index (χ4n) is 4.34. The molecule has 1 aliphatic carbocycles. The number of halogens is 1. The molecule has 8 nitrogen and oxygen atoms in total. The summed E-state index contributed by atoms with van der Waals surface area (Å²) in [6.45, 7) is 0.882. The fraction of sp³-hybridized carbons (Fsp3) is 0.318. The first-order chi connectivity index (χ1) is 14.8. The second-order valence-corrected chi connectivity index (χ2v) is 8.32. The maximum absolute atomic E-state index is 15.1. The van der Waals surface area contributed by atoms with Crippen LogP contribution in [0.4, 0.5) is 15.9 Å². The molecule has 2 aliphatic rings. The SMILES string of the molecule is Nc1ccc([C@H]2CN(c3nc4c(cc3F)c(=O)c(C(=O)O)cn4C3CC3)C[C@@H]2N)cc1. The predicted octanol–water partition coefficient (Wildman–Crippen LogP) is 2.08. The molecule has 3 heterocycles. The molecule has 31 heavy (non-hydrogen) atoms. The zero-order valence-corrected chi connectivity index (χ0v) is 16.7. The molecule has 9 heteroatoms. The Balaban J connectivity index is 1.58. The molecule has 0 amide bonds. The minimum Gasteiger partial charge on any atom is -0.477 e. The summed E-state index contributed by atoms with van der Waals surface area (Å²) in [6.07, 6.45) is 3.05. The average Bonchev–Trinajstić information content (AvgIpc) is 3.50. The lowest BCUT2D eigenvalue weighted by molar-refractivity contribution is 0.0695. The van der Waals surface area contributed by atoms with Crippen LogP contribution in [0, 0.1) is 5.82 Å². The van der Waals surface area contributed by atoms with Crippen molar-refractivity contribution in [2.24, 2.45) is 5.73 Å². The molecule has 2 atom stereocenters. The van der Waals surface area contributed by atoms with Crippen molar-refractivity contribution in [2.45, 2.75) is 30.8 Å². The number of fused-ring (bicyclic) bond motifs is 1. The summed E-state index contributed by atoms with van der Waals surface area (Å²) in [6, 6.07) is 8.42. The molecule has 3 aromatic rings. The Kier molecular flexibility index (Phi) is 4.44. The number of rotatable bonds is 4. The number of carboxylic acid groups (broad SMARTS) is 1. The van der Waals surface area contributed by atoms with Crippen molar-refractivity contribution in [1.82, 2.24) is 9.55 Å². The van der Waals surface area contributed by atoms with E-state index in [4.69, 9.17) is 11.5 Å². The van der Waals surface area contributed by atoms with Crippen molar-refractivity contribution in [1.29, 1.82) is 0 Å². The normalized spacial score (nSPS) is 21.0. The van der Waals surface area contributed by atoms with E-state index in [9.17, 15) is 14.7 Å². The number of benzene rings is 1. The topological polar surface area (TPSA) is 127 Å². The van der Waals surface area contributed by atoms with E-state index in [0.29, 0.717) is 24.4 Å². The standard InChI is InChI=1S/C22H22FN5O3/c23-17-7-14-19(29)16(22(30)31)9-28(13-5-6-13)20(14)26-21(17)27-8-15(18(25)10-27)11-1-3-12(24)4-2-11/h1-4,7,9,13,15,18H,5-6,8,10,24-25H2,(H,30,31)/t15-,18+/m1/s1. The highest BCUT2D eigenvalue weighted by Crippen LogP contribution is 2.38. The predicted molar refractivity (Wildman–Crippen MR) is 115 cm³/mol. The van der Waals surface area contributed by atoms with Crippen LogP contribution >= 0.6 is 0 Å². The van der Waals surface area contributed by atoms with Crippen molar-refractivity contribution in [2.75, 3.05) is 23.7 Å². The first-order valence-corrected chi connectivity index (χ1v) is 10.2. The number of aromatic nitrogens is 2. The number of pyridine rings is 2. The van der Waals surface area contributed by atoms with Crippen molar-refractivity contribution >= 4 is 28.5 Å². The van der Waals surface area contributed by atoms with Crippen LogP contribution in [0.1, 0.15) is 40.7 Å². The molecule has 1 saturated carbocycles. The van der Waals surface area contributed by atoms with Gasteiger partial charge in [-0.15, -0.1) is 0 Å². The molecule has 0 spiro atoms. The molecule has 2 fully saturated rings. The summed E-state index contributed by atoms with van der Waals surface area (Å²) in [5.41, 5.74) is 13.0. The molecule has 1 saturated heterocycles. The van der Waals surface area contributed by atoms with E-state index in [-0.39, 0.29) is 34.8 Å². The van der Waals surface area contributed by atoms with Crippen LogP contribution in [0.5, 0.6) is 0 Å². The molecule has 0 radical (unpaired) electrons. The molecule has 0 unspecified atom stereocenters. The average molecular weight is 423 g/mol. The zero-order chi connectivity index (χ0) is 21.9. The number of carbonyl (C=O) groups is 1. The Bertz CT molecular complexity index is 1250. The molecule has 5 rings (SSSR count). The molecular weight excluding hydrogens is 401 g/mol. The minimum absolute atomic E-state index is 0.0162. The van der Waals surface area contributed by atoms with Crippen molar-refractivity contribution in [3.63, 3.8) is 0 Å². The van der Waals surface area contributed by atoms with Crippen molar-refractivity contribution < 1.29 is 14.3 Å².